The van der Waals surface area contributed by atoms with Crippen molar-refractivity contribution in [3.8, 4) is 0 Å². The first-order valence-electron chi connectivity index (χ1n) is 10.1. The average molecular weight is 459 g/mol. The molecule has 3 aromatic rings. The second-order valence-electron chi connectivity index (χ2n) is 7.39. The summed E-state index contributed by atoms with van der Waals surface area (Å²) in [6, 6.07) is 13.7. The number of benzene rings is 2. The smallest absolute Gasteiger partial charge is 0.258 e. The number of anilines is 1. The van der Waals surface area contributed by atoms with E-state index in [2.05, 4.69) is 10.4 Å². The van der Waals surface area contributed by atoms with Crippen LogP contribution in [0, 0.1) is 0 Å². The Morgan fingerprint density at radius 1 is 1.16 bits per heavy atom. The SMILES string of the molecule is CCCn1nccc1NC(=O)c1cc(S(=O)(=O)N2CCc3ccccc3C2)ccc1Cl. The zero-order valence-electron chi connectivity index (χ0n) is 17.1. The fraction of sp³-hybridized carbons (Fsp3) is 0.273. The number of nitrogens with one attached hydrogen (secondary N) is 1. The van der Waals surface area contributed by atoms with E-state index in [0.717, 1.165) is 17.5 Å². The molecule has 1 aliphatic rings. The molecule has 1 amide bonds. The molecule has 1 aromatic heterocycles. The molecule has 0 saturated carbocycles. The number of rotatable bonds is 6. The zero-order valence-corrected chi connectivity index (χ0v) is 18.7. The predicted octanol–water partition coefficient (Wildman–Crippen LogP) is 3.95. The van der Waals surface area contributed by atoms with E-state index in [0.29, 0.717) is 31.9 Å². The van der Waals surface area contributed by atoms with Gasteiger partial charge in [-0.3, -0.25) is 4.79 Å². The number of fused-ring (bicyclic) bond motifs is 1. The molecule has 0 spiro atoms. The second kappa shape index (κ2) is 8.82. The summed E-state index contributed by atoms with van der Waals surface area (Å²) in [4.78, 5) is 12.9. The van der Waals surface area contributed by atoms with Gasteiger partial charge in [0.25, 0.3) is 5.91 Å². The molecule has 162 valence electrons. The third-order valence-corrected chi connectivity index (χ3v) is 7.48. The van der Waals surface area contributed by atoms with E-state index < -0.39 is 15.9 Å². The lowest BCUT2D eigenvalue weighted by Crippen LogP contribution is -2.36. The van der Waals surface area contributed by atoms with Gasteiger partial charge in [-0.25, -0.2) is 13.1 Å². The van der Waals surface area contributed by atoms with Crippen molar-refractivity contribution in [2.75, 3.05) is 11.9 Å². The summed E-state index contributed by atoms with van der Waals surface area (Å²) < 4.78 is 29.7. The van der Waals surface area contributed by atoms with Crippen LogP contribution in [0.15, 0.2) is 59.6 Å². The van der Waals surface area contributed by atoms with Gasteiger partial charge in [0.05, 0.1) is 21.7 Å². The quantitative estimate of drug-likeness (QED) is 0.606. The third kappa shape index (κ3) is 4.37. The molecule has 0 fully saturated rings. The number of carbonyl (C=O) groups excluding carboxylic acids is 1. The van der Waals surface area contributed by atoms with Gasteiger partial charge in [0.15, 0.2) is 0 Å². The lowest BCUT2D eigenvalue weighted by Gasteiger charge is -2.28. The van der Waals surface area contributed by atoms with Crippen molar-refractivity contribution in [2.24, 2.45) is 0 Å². The van der Waals surface area contributed by atoms with Crippen LogP contribution >= 0.6 is 11.6 Å². The van der Waals surface area contributed by atoms with E-state index in [1.807, 2.05) is 31.2 Å². The molecule has 9 heteroatoms. The first-order valence-corrected chi connectivity index (χ1v) is 11.9. The van der Waals surface area contributed by atoms with Crippen LogP contribution in [0.2, 0.25) is 5.02 Å². The van der Waals surface area contributed by atoms with E-state index in [-0.39, 0.29) is 15.5 Å². The Balaban J connectivity index is 1.60. The number of nitrogens with zero attached hydrogens (tertiary/aromatic N) is 3. The van der Waals surface area contributed by atoms with Gasteiger partial charge in [0.1, 0.15) is 5.82 Å². The van der Waals surface area contributed by atoms with E-state index >= 15 is 0 Å². The molecule has 0 atom stereocenters. The molecule has 2 heterocycles. The Morgan fingerprint density at radius 2 is 1.94 bits per heavy atom. The molecule has 7 nitrogen and oxygen atoms in total. The van der Waals surface area contributed by atoms with E-state index in [1.54, 1.807) is 16.9 Å². The maximum atomic E-state index is 13.3. The molecule has 0 radical (unpaired) electrons. The number of aryl methyl sites for hydroxylation is 1. The number of aromatic nitrogens is 2. The number of hydrogen-bond acceptors (Lipinski definition) is 4. The van der Waals surface area contributed by atoms with Crippen molar-refractivity contribution < 1.29 is 13.2 Å². The van der Waals surface area contributed by atoms with Gasteiger partial charge in [-0.1, -0.05) is 42.8 Å². The number of amides is 1. The average Bonchev–Trinajstić information content (AvgIpc) is 3.20. The lowest BCUT2D eigenvalue weighted by molar-refractivity contribution is 0.102. The van der Waals surface area contributed by atoms with Crippen molar-refractivity contribution in [1.82, 2.24) is 14.1 Å². The van der Waals surface area contributed by atoms with Crippen molar-refractivity contribution >= 4 is 33.3 Å². The van der Waals surface area contributed by atoms with Gasteiger partial charge in [0.2, 0.25) is 10.0 Å². The van der Waals surface area contributed by atoms with Crippen LogP contribution in [0.3, 0.4) is 0 Å². The summed E-state index contributed by atoms with van der Waals surface area (Å²) in [6.07, 6.45) is 3.11. The highest BCUT2D eigenvalue weighted by Crippen LogP contribution is 2.28. The Bertz CT molecular complexity index is 1220. The summed E-state index contributed by atoms with van der Waals surface area (Å²) >= 11 is 6.24. The van der Waals surface area contributed by atoms with Crippen LogP contribution in [0.25, 0.3) is 0 Å². The second-order valence-corrected chi connectivity index (χ2v) is 9.74. The molecule has 0 saturated heterocycles. The predicted molar refractivity (Wildman–Crippen MR) is 120 cm³/mol. The Labute approximate surface area is 186 Å². The Morgan fingerprint density at radius 3 is 2.71 bits per heavy atom. The third-order valence-electron chi connectivity index (χ3n) is 5.31. The van der Waals surface area contributed by atoms with Crippen molar-refractivity contribution in [2.45, 2.75) is 37.8 Å². The summed E-state index contributed by atoms with van der Waals surface area (Å²) in [5.74, 6) is 0.0488. The monoisotopic (exact) mass is 458 g/mol. The minimum atomic E-state index is -3.78. The highest BCUT2D eigenvalue weighted by Gasteiger charge is 2.29. The molecular formula is C22H23ClN4O3S. The molecule has 31 heavy (non-hydrogen) atoms. The summed E-state index contributed by atoms with van der Waals surface area (Å²) in [6.45, 7) is 3.36. The van der Waals surface area contributed by atoms with Gasteiger partial charge in [-0.05, 0) is 42.2 Å². The minimum Gasteiger partial charge on any atom is -0.307 e. The van der Waals surface area contributed by atoms with Crippen LogP contribution in [0.4, 0.5) is 5.82 Å². The van der Waals surface area contributed by atoms with Crippen molar-refractivity contribution in [3.05, 3.63) is 76.4 Å². The fourth-order valence-electron chi connectivity index (χ4n) is 3.68. The van der Waals surface area contributed by atoms with Gasteiger partial charge >= 0.3 is 0 Å². The van der Waals surface area contributed by atoms with E-state index in [4.69, 9.17) is 11.6 Å². The lowest BCUT2D eigenvalue weighted by atomic mass is 10.0. The number of halogens is 1. The fourth-order valence-corrected chi connectivity index (χ4v) is 5.32. The number of hydrogen-bond donors (Lipinski definition) is 1. The molecule has 4 rings (SSSR count). The van der Waals surface area contributed by atoms with Crippen LogP contribution < -0.4 is 5.32 Å². The summed E-state index contributed by atoms with van der Waals surface area (Å²) in [5.41, 5.74) is 2.26. The zero-order chi connectivity index (χ0) is 22.0. The van der Waals surface area contributed by atoms with E-state index in [9.17, 15) is 13.2 Å². The number of sulfonamides is 1. The molecule has 0 aliphatic carbocycles. The normalized spacial score (nSPS) is 14.3. The van der Waals surface area contributed by atoms with Crippen LogP contribution in [-0.2, 0) is 29.5 Å². The molecule has 2 aromatic carbocycles. The minimum absolute atomic E-state index is 0.0449. The first-order chi connectivity index (χ1) is 14.9. The van der Waals surface area contributed by atoms with Gasteiger partial charge < -0.3 is 5.32 Å². The highest BCUT2D eigenvalue weighted by atomic mass is 35.5. The molecule has 0 unspecified atom stereocenters. The standard InChI is InChI=1S/C22H23ClN4O3S/c1-2-12-27-21(9-11-24-27)25-22(28)19-14-18(7-8-20(19)23)31(29,30)26-13-10-16-5-3-4-6-17(16)15-26/h3-9,11,14H,2,10,12-13,15H2,1H3,(H,25,28). The largest absolute Gasteiger partial charge is 0.307 e. The summed E-state index contributed by atoms with van der Waals surface area (Å²) in [7, 11) is -3.78. The maximum absolute atomic E-state index is 13.3. The van der Waals surface area contributed by atoms with Crippen molar-refractivity contribution in [3.63, 3.8) is 0 Å². The maximum Gasteiger partial charge on any atom is 0.258 e. The van der Waals surface area contributed by atoms with E-state index in [1.165, 1.54) is 22.5 Å². The molecular weight excluding hydrogens is 436 g/mol. The van der Waals surface area contributed by atoms with Gasteiger partial charge in [-0.15, -0.1) is 0 Å². The highest BCUT2D eigenvalue weighted by molar-refractivity contribution is 7.89. The van der Waals surface area contributed by atoms with Crippen LogP contribution in [0.5, 0.6) is 0 Å². The van der Waals surface area contributed by atoms with Crippen molar-refractivity contribution in [1.29, 1.82) is 0 Å². The van der Waals surface area contributed by atoms with Gasteiger partial charge in [-0.2, -0.15) is 9.40 Å². The Kier molecular flexibility index (Phi) is 6.13. The Hall–Kier alpha value is -2.68. The van der Waals surface area contributed by atoms with Gasteiger partial charge in [0, 0.05) is 25.7 Å². The topological polar surface area (TPSA) is 84.3 Å². The van der Waals surface area contributed by atoms with Crippen LogP contribution in [-0.4, -0.2) is 35.0 Å². The van der Waals surface area contributed by atoms with Crippen LogP contribution in [0.1, 0.15) is 34.8 Å². The molecule has 0 bridgehead atoms. The summed E-state index contributed by atoms with van der Waals surface area (Å²) in [5, 5.41) is 7.13. The molecule has 1 N–H and O–H groups in total. The first kappa shape index (κ1) is 21.5. The number of carbonyl (C=O) groups is 1. The molecule has 1 aliphatic heterocycles.